The van der Waals surface area contributed by atoms with Gasteiger partial charge in [0.25, 0.3) is 0 Å². The minimum Gasteiger partial charge on any atom is -0.346 e. The number of nitrogens with zero attached hydrogens (tertiary/aromatic N) is 3. The predicted octanol–water partition coefficient (Wildman–Crippen LogP) is 1.03. The molecule has 0 saturated carbocycles. The fraction of sp³-hybridized carbons (Fsp3) is 0.250. The van der Waals surface area contributed by atoms with Gasteiger partial charge < -0.3 is 5.32 Å². The Morgan fingerprint density at radius 2 is 2.44 bits per heavy atom. The van der Waals surface area contributed by atoms with Crippen molar-refractivity contribution in [2.45, 2.75) is 13.0 Å². The van der Waals surface area contributed by atoms with Gasteiger partial charge in [-0.1, -0.05) is 0 Å². The topological polar surface area (TPSA) is 75.6 Å². The highest BCUT2D eigenvalue weighted by atomic mass is 16.1. The van der Waals surface area contributed by atoms with Crippen LogP contribution in [-0.2, 0) is 11.8 Å². The quantitative estimate of drug-likeness (QED) is 0.790. The number of nitrogens with one attached hydrogen (secondary N) is 2. The molecule has 1 atom stereocenters. The van der Waals surface area contributed by atoms with Crippen LogP contribution in [0.1, 0.15) is 24.2 Å². The minimum atomic E-state index is -0.148. The van der Waals surface area contributed by atoms with E-state index in [1.165, 1.54) is 6.08 Å². The average Bonchev–Trinajstić information content (AvgIpc) is 2.97. The molecule has 0 saturated heterocycles. The van der Waals surface area contributed by atoms with E-state index < -0.39 is 0 Å². The summed E-state index contributed by atoms with van der Waals surface area (Å²) < 4.78 is 1.70. The van der Waals surface area contributed by atoms with Gasteiger partial charge in [0.1, 0.15) is 0 Å². The number of carbonyl (C=O) groups is 1. The Labute approximate surface area is 105 Å². The molecule has 18 heavy (non-hydrogen) atoms. The van der Waals surface area contributed by atoms with Gasteiger partial charge in [0.2, 0.25) is 5.91 Å². The molecule has 0 fully saturated rings. The summed E-state index contributed by atoms with van der Waals surface area (Å²) in [6, 6.07) is 1.76. The van der Waals surface area contributed by atoms with Crippen LogP contribution in [0.4, 0.5) is 0 Å². The van der Waals surface area contributed by atoms with Crippen LogP contribution in [-0.4, -0.2) is 25.9 Å². The minimum absolute atomic E-state index is 0.0764. The van der Waals surface area contributed by atoms with Gasteiger partial charge in [-0.25, -0.2) is 0 Å². The lowest BCUT2D eigenvalue weighted by Crippen LogP contribution is -2.24. The monoisotopic (exact) mass is 245 g/mol. The summed E-state index contributed by atoms with van der Waals surface area (Å²) in [6.07, 6.45) is 8.36. The van der Waals surface area contributed by atoms with Crippen molar-refractivity contribution >= 4 is 12.0 Å². The lowest BCUT2D eigenvalue weighted by molar-refractivity contribution is -0.117. The molecule has 2 aromatic heterocycles. The number of H-pyrrole nitrogens is 1. The zero-order chi connectivity index (χ0) is 13.0. The summed E-state index contributed by atoms with van der Waals surface area (Å²) in [5.41, 5.74) is 1.82. The molecule has 2 heterocycles. The Kier molecular flexibility index (Phi) is 3.57. The van der Waals surface area contributed by atoms with Crippen LogP contribution < -0.4 is 5.32 Å². The van der Waals surface area contributed by atoms with Gasteiger partial charge in [-0.3, -0.25) is 14.6 Å². The number of aryl methyl sites for hydroxylation is 1. The Bertz CT molecular complexity index is 541. The lowest BCUT2D eigenvalue weighted by atomic mass is 10.2. The van der Waals surface area contributed by atoms with Crippen molar-refractivity contribution < 1.29 is 4.79 Å². The smallest absolute Gasteiger partial charge is 0.244 e. The standard InChI is InChI=1S/C12H15N5O/c1-9(10-7-13-14-8-10)16-12(18)4-3-11-5-6-15-17(11)2/h3-9H,1-2H3,(H,13,14)(H,16,18)/b4-3+. The molecule has 1 unspecified atom stereocenters. The number of aromatic amines is 1. The fourth-order valence-corrected chi connectivity index (χ4v) is 1.55. The molecule has 0 aromatic carbocycles. The van der Waals surface area contributed by atoms with E-state index in [0.717, 1.165) is 11.3 Å². The zero-order valence-electron chi connectivity index (χ0n) is 10.3. The summed E-state index contributed by atoms with van der Waals surface area (Å²) >= 11 is 0. The van der Waals surface area contributed by atoms with Crippen LogP contribution in [0.25, 0.3) is 6.08 Å². The van der Waals surface area contributed by atoms with Gasteiger partial charge in [0, 0.05) is 31.1 Å². The van der Waals surface area contributed by atoms with Crippen LogP contribution in [0.2, 0.25) is 0 Å². The maximum Gasteiger partial charge on any atom is 0.244 e. The van der Waals surface area contributed by atoms with Crippen molar-refractivity contribution in [1.82, 2.24) is 25.3 Å². The summed E-state index contributed by atoms with van der Waals surface area (Å²) in [5, 5.41) is 13.4. The molecule has 0 aliphatic carbocycles. The largest absolute Gasteiger partial charge is 0.346 e. The number of hydrogen-bond acceptors (Lipinski definition) is 3. The van der Waals surface area contributed by atoms with E-state index in [1.807, 2.05) is 20.0 Å². The Hall–Kier alpha value is -2.37. The number of hydrogen-bond donors (Lipinski definition) is 2. The molecule has 1 amide bonds. The molecule has 0 aliphatic heterocycles. The van der Waals surface area contributed by atoms with E-state index in [-0.39, 0.29) is 11.9 Å². The Balaban J connectivity index is 1.93. The summed E-state index contributed by atoms with van der Waals surface area (Å²) in [7, 11) is 1.83. The molecule has 0 aliphatic rings. The zero-order valence-corrected chi connectivity index (χ0v) is 10.3. The van der Waals surface area contributed by atoms with Gasteiger partial charge in [0.05, 0.1) is 17.9 Å². The first-order valence-corrected chi connectivity index (χ1v) is 5.62. The normalized spacial score (nSPS) is 12.8. The second-order valence-corrected chi connectivity index (χ2v) is 3.97. The second-order valence-electron chi connectivity index (χ2n) is 3.97. The van der Waals surface area contributed by atoms with E-state index >= 15 is 0 Å². The third-order valence-corrected chi connectivity index (χ3v) is 2.64. The van der Waals surface area contributed by atoms with Crippen molar-refractivity contribution in [3.8, 4) is 0 Å². The van der Waals surface area contributed by atoms with Gasteiger partial charge in [0.15, 0.2) is 0 Å². The number of aromatic nitrogens is 4. The molecule has 6 nitrogen and oxygen atoms in total. The summed E-state index contributed by atoms with van der Waals surface area (Å²) in [4.78, 5) is 11.7. The van der Waals surface area contributed by atoms with E-state index in [9.17, 15) is 4.79 Å². The molecule has 94 valence electrons. The average molecular weight is 245 g/mol. The second kappa shape index (κ2) is 5.31. The molecular weight excluding hydrogens is 230 g/mol. The first-order valence-electron chi connectivity index (χ1n) is 5.62. The molecule has 0 bridgehead atoms. The summed E-state index contributed by atoms with van der Waals surface area (Å²) in [6.45, 7) is 1.90. The predicted molar refractivity (Wildman–Crippen MR) is 67.4 cm³/mol. The van der Waals surface area contributed by atoms with Crippen molar-refractivity contribution in [3.63, 3.8) is 0 Å². The molecule has 0 spiro atoms. The number of rotatable bonds is 4. The molecule has 2 N–H and O–H groups in total. The Morgan fingerprint density at radius 3 is 3.06 bits per heavy atom. The van der Waals surface area contributed by atoms with Crippen LogP contribution in [0, 0.1) is 0 Å². The molecule has 2 aromatic rings. The van der Waals surface area contributed by atoms with E-state index in [0.29, 0.717) is 0 Å². The van der Waals surface area contributed by atoms with Gasteiger partial charge in [-0.05, 0) is 19.1 Å². The first kappa shape index (κ1) is 12.1. The third kappa shape index (κ3) is 2.85. The van der Waals surface area contributed by atoms with Crippen molar-refractivity contribution in [1.29, 1.82) is 0 Å². The number of carbonyl (C=O) groups excluding carboxylic acids is 1. The first-order chi connectivity index (χ1) is 8.66. The fourth-order valence-electron chi connectivity index (χ4n) is 1.55. The van der Waals surface area contributed by atoms with Crippen LogP contribution in [0.3, 0.4) is 0 Å². The van der Waals surface area contributed by atoms with Crippen LogP contribution >= 0.6 is 0 Å². The van der Waals surface area contributed by atoms with Gasteiger partial charge in [-0.2, -0.15) is 10.2 Å². The third-order valence-electron chi connectivity index (χ3n) is 2.64. The SMILES string of the molecule is CC(NC(=O)/C=C/c1ccnn1C)c1cn[nH]c1. The van der Waals surface area contributed by atoms with Crippen molar-refractivity contribution in [2.24, 2.45) is 7.05 Å². The van der Waals surface area contributed by atoms with Crippen molar-refractivity contribution in [2.75, 3.05) is 0 Å². The lowest BCUT2D eigenvalue weighted by Gasteiger charge is -2.09. The number of amides is 1. The maximum atomic E-state index is 11.7. The molecular formula is C12H15N5O. The summed E-state index contributed by atoms with van der Waals surface area (Å²) in [5.74, 6) is -0.148. The van der Waals surface area contributed by atoms with E-state index in [2.05, 4.69) is 20.6 Å². The maximum absolute atomic E-state index is 11.7. The highest BCUT2D eigenvalue weighted by Crippen LogP contribution is 2.08. The highest BCUT2D eigenvalue weighted by molar-refractivity contribution is 5.91. The highest BCUT2D eigenvalue weighted by Gasteiger charge is 2.08. The van der Waals surface area contributed by atoms with Crippen molar-refractivity contribution in [3.05, 3.63) is 42.0 Å². The van der Waals surface area contributed by atoms with Crippen LogP contribution in [0.15, 0.2) is 30.7 Å². The van der Waals surface area contributed by atoms with Crippen LogP contribution in [0.5, 0.6) is 0 Å². The molecule has 0 radical (unpaired) electrons. The molecule has 6 heteroatoms. The van der Waals surface area contributed by atoms with Gasteiger partial charge in [-0.15, -0.1) is 0 Å². The van der Waals surface area contributed by atoms with Gasteiger partial charge >= 0.3 is 0 Å². The molecule has 2 rings (SSSR count). The van der Waals surface area contributed by atoms with E-state index in [4.69, 9.17) is 0 Å². The Morgan fingerprint density at radius 1 is 1.61 bits per heavy atom. The van der Waals surface area contributed by atoms with E-state index in [1.54, 1.807) is 29.3 Å².